The van der Waals surface area contributed by atoms with E-state index in [0.29, 0.717) is 0 Å². The van der Waals surface area contributed by atoms with Crippen LogP contribution in [0.3, 0.4) is 0 Å². The van der Waals surface area contributed by atoms with Gasteiger partial charge in [-0.05, 0) is 37.2 Å². The van der Waals surface area contributed by atoms with E-state index < -0.39 is 0 Å². The summed E-state index contributed by atoms with van der Waals surface area (Å²) in [5.41, 5.74) is 5.07. The summed E-state index contributed by atoms with van der Waals surface area (Å²) in [5, 5.41) is 5.41. The number of fused-ring (bicyclic) bond motifs is 1. The van der Waals surface area contributed by atoms with Crippen LogP contribution in [0, 0.1) is 6.92 Å². The molecule has 0 saturated heterocycles. The molecule has 2 nitrogen and oxygen atoms in total. The molecule has 1 heterocycles. The molecule has 0 fully saturated rings. The first-order chi connectivity index (χ1) is 10.2. The number of rotatable bonds is 4. The second-order valence-electron chi connectivity index (χ2n) is 5.29. The first-order valence-corrected chi connectivity index (χ1v) is 7.55. The van der Waals surface area contributed by atoms with Crippen LogP contribution in [0.25, 0.3) is 10.9 Å². The maximum Gasteiger partial charge on any atom is 0.0493 e. The molecule has 0 radical (unpaired) electrons. The monoisotopic (exact) mass is 334 g/mol. The molecular weight excluding hydrogens is 315 g/mol. The smallest absolute Gasteiger partial charge is 0.0493 e. The molecule has 4 heteroatoms. The number of nitrogens with one attached hydrogen (secondary N) is 1. The number of hydrogen-bond donors (Lipinski definition) is 1. The standard InChI is InChI=1S/C18H19ClN2.ClH/c1-13-16(11-20-2)15-8-4-6-10-18(15)21(13)12-14-7-3-5-9-17(14)19;/h3-10,20H,11-12H2,1-2H3;1H. The zero-order valence-electron chi connectivity index (χ0n) is 12.8. The molecule has 1 aromatic heterocycles. The fourth-order valence-electron chi connectivity index (χ4n) is 2.90. The molecular formula is C18H20Cl2N2. The minimum atomic E-state index is 0. The van der Waals surface area contributed by atoms with E-state index in [0.717, 1.165) is 23.7 Å². The molecule has 0 bridgehead atoms. The van der Waals surface area contributed by atoms with Crippen molar-refractivity contribution in [2.45, 2.75) is 20.0 Å². The van der Waals surface area contributed by atoms with Gasteiger partial charge in [0.25, 0.3) is 0 Å². The summed E-state index contributed by atoms with van der Waals surface area (Å²) < 4.78 is 2.35. The third-order valence-electron chi connectivity index (χ3n) is 4.00. The maximum absolute atomic E-state index is 6.32. The van der Waals surface area contributed by atoms with Crippen LogP contribution in [0.1, 0.15) is 16.8 Å². The highest BCUT2D eigenvalue weighted by Crippen LogP contribution is 2.28. The van der Waals surface area contributed by atoms with E-state index in [2.05, 4.69) is 47.1 Å². The van der Waals surface area contributed by atoms with Gasteiger partial charge in [-0.3, -0.25) is 0 Å². The SMILES string of the molecule is CNCc1c(C)n(Cc2ccccc2Cl)c2ccccc12.Cl. The number of para-hydroxylation sites is 1. The maximum atomic E-state index is 6.32. The molecule has 22 heavy (non-hydrogen) atoms. The van der Waals surface area contributed by atoms with Crippen molar-refractivity contribution in [2.75, 3.05) is 7.05 Å². The quantitative estimate of drug-likeness (QED) is 0.725. The molecule has 0 aliphatic carbocycles. The van der Waals surface area contributed by atoms with Gasteiger partial charge in [-0.15, -0.1) is 12.4 Å². The van der Waals surface area contributed by atoms with Crippen LogP contribution in [-0.4, -0.2) is 11.6 Å². The summed E-state index contributed by atoms with van der Waals surface area (Å²) in [6.45, 7) is 3.86. The Labute approximate surface area is 142 Å². The Morgan fingerprint density at radius 3 is 2.45 bits per heavy atom. The summed E-state index contributed by atoms with van der Waals surface area (Å²) in [4.78, 5) is 0. The summed E-state index contributed by atoms with van der Waals surface area (Å²) in [6.07, 6.45) is 0. The molecule has 1 N–H and O–H groups in total. The van der Waals surface area contributed by atoms with Gasteiger partial charge < -0.3 is 9.88 Å². The zero-order chi connectivity index (χ0) is 14.8. The van der Waals surface area contributed by atoms with Crippen molar-refractivity contribution >= 4 is 34.9 Å². The summed E-state index contributed by atoms with van der Waals surface area (Å²) in [6, 6.07) is 16.6. The van der Waals surface area contributed by atoms with Crippen molar-refractivity contribution in [3.63, 3.8) is 0 Å². The first kappa shape index (κ1) is 16.9. The lowest BCUT2D eigenvalue weighted by Crippen LogP contribution is -2.08. The Bertz CT molecular complexity index is 778. The highest BCUT2D eigenvalue weighted by atomic mass is 35.5. The van der Waals surface area contributed by atoms with Gasteiger partial charge in [0.1, 0.15) is 0 Å². The van der Waals surface area contributed by atoms with Crippen LogP contribution in [0.15, 0.2) is 48.5 Å². The molecule has 3 rings (SSSR count). The predicted octanol–water partition coefficient (Wildman–Crippen LogP) is 4.79. The third-order valence-corrected chi connectivity index (χ3v) is 4.37. The van der Waals surface area contributed by atoms with Crippen molar-refractivity contribution in [1.29, 1.82) is 0 Å². The molecule has 0 saturated carbocycles. The van der Waals surface area contributed by atoms with Gasteiger partial charge in [0.05, 0.1) is 0 Å². The van der Waals surface area contributed by atoms with E-state index in [-0.39, 0.29) is 12.4 Å². The van der Waals surface area contributed by atoms with Crippen LogP contribution in [0.2, 0.25) is 5.02 Å². The van der Waals surface area contributed by atoms with Gasteiger partial charge in [-0.25, -0.2) is 0 Å². The van der Waals surface area contributed by atoms with Crippen LogP contribution < -0.4 is 5.32 Å². The number of aromatic nitrogens is 1. The largest absolute Gasteiger partial charge is 0.340 e. The number of benzene rings is 2. The lowest BCUT2D eigenvalue weighted by molar-refractivity contribution is 0.768. The second kappa shape index (κ2) is 7.19. The highest BCUT2D eigenvalue weighted by Gasteiger charge is 2.13. The minimum Gasteiger partial charge on any atom is -0.340 e. The molecule has 3 aromatic rings. The molecule has 2 aromatic carbocycles. The Balaban J connectivity index is 0.00000176. The lowest BCUT2D eigenvalue weighted by atomic mass is 10.1. The number of nitrogens with zero attached hydrogens (tertiary/aromatic N) is 1. The molecule has 0 aliphatic rings. The Hall–Kier alpha value is -1.48. The van der Waals surface area contributed by atoms with Gasteiger partial charge in [0.2, 0.25) is 0 Å². The normalized spacial score (nSPS) is 10.7. The highest BCUT2D eigenvalue weighted by molar-refractivity contribution is 6.31. The Morgan fingerprint density at radius 1 is 1.05 bits per heavy atom. The first-order valence-electron chi connectivity index (χ1n) is 7.17. The molecule has 0 atom stereocenters. The van der Waals surface area contributed by atoms with Crippen molar-refractivity contribution in [3.05, 3.63) is 70.4 Å². The Morgan fingerprint density at radius 2 is 1.73 bits per heavy atom. The topological polar surface area (TPSA) is 17.0 Å². The van der Waals surface area contributed by atoms with E-state index in [9.17, 15) is 0 Å². The van der Waals surface area contributed by atoms with Crippen LogP contribution >= 0.6 is 24.0 Å². The van der Waals surface area contributed by atoms with Gasteiger partial charge in [-0.2, -0.15) is 0 Å². The molecule has 0 amide bonds. The van der Waals surface area contributed by atoms with Crippen LogP contribution in [0.4, 0.5) is 0 Å². The van der Waals surface area contributed by atoms with E-state index in [1.807, 2.05) is 25.2 Å². The van der Waals surface area contributed by atoms with Gasteiger partial charge in [0.15, 0.2) is 0 Å². The summed E-state index contributed by atoms with van der Waals surface area (Å²) in [5.74, 6) is 0. The number of hydrogen-bond acceptors (Lipinski definition) is 1. The predicted molar refractivity (Wildman–Crippen MR) is 97.2 cm³/mol. The summed E-state index contributed by atoms with van der Waals surface area (Å²) >= 11 is 6.32. The fraction of sp³-hybridized carbons (Fsp3) is 0.222. The van der Waals surface area contributed by atoms with Gasteiger partial charge in [-0.1, -0.05) is 48.0 Å². The van der Waals surface area contributed by atoms with E-state index in [1.54, 1.807) is 0 Å². The van der Waals surface area contributed by atoms with Crippen molar-refractivity contribution in [3.8, 4) is 0 Å². The number of halogens is 2. The van der Waals surface area contributed by atoms with Crippen molar-refractivity contribution in [2.24, 2.45) is 0 Å². The lowest BCUT2D eigenvalue weighted by Gasteiger charge is -2.10. The van der Waals surface area contributed by atoms with Gasteiger partial charge in [0, 0.05) is 34.7 Å². The molecule has 0 spiro atoms. The Kier molecular flexibility index (Phi) is 5.52. The molecule has 0 unspecified atom stereocenters. The zero-order valence-corrected chi connectivity index (χ0v) is 14.3. The fourth-order valence-corrected chi connectivity index (χ4v) is 3.10. The van der Waals surface area contributed by atoms with E-state index in [1.165, 1.54) is 22.2 Å². The van der Waals surface area contributed by atoms with Crippen molar-refractivity contribution < 1.29 is 0 Å². The second-order valence-corrected chi connectivity index (χ2v) is 5.70. The van der Waals surface area contributed by atoms with E-state index >= 15 is 0 Å². The summed E-state index contributed by atoms with van der Waals surface area (Å²) in [7, 11) is 1.99. The molecule has 116 valence electrons. The van der Waals surface area contributed by atoms with Crippen LogP contribution in [-0.2, 0) is 13.1 Å². The third kappa shape index (κ3) is 3.00. The average molecular weight is 335 g/mol. The molecule has 0 aliphatic heterocycles. The average Bonchev–Trinajstić information content (AvgIpc) is 2.76. The van der Waals surface area contributed by atoms with Gasteiger partial charge >= 0.3 is 0 Å². The van der Waals surface area contributed by atoms with Crippen molar-refractivity contribution in [1.82, 2.24) is 9.88 Å². The minimum absolute atomic E-state index is 0. The van der Waals surface area contributed by atoms with E-state index in [4.69, 9.17) is 11.6 Å². The van der Waals surface area contributed by atoms with Crippen LogP contribution in [0.5, 0.6) is 0 Å².